The molecule has 0 aliphatic carbocycles. The van der Waals surface area contributed by atoms with Crippen LogP contribution < -0.4 is 10.2 Å². The summed E-state index contributed by atoms with van der Waals surface area (Å²) in [6.45, 7) is 5.84. The van der Waals surface area contributed by atoms with Crippen LogP contribution in [0.2, 0.25) is 0 Å². The molecule has 166 valence electrons. The maximum absolute atomic E-state index is 12.9. The van der Waals surface area contributed by atoms with Gasteiger partial charge in [-0.05, 0) is 62.4 Å². The summed E-state index contributed by atoms with van der Waals surface area (Å²) in [5, 5.41) is 12.0. The topological polar surface area (TPSA) is 58.1 Å². The zero-order chi connectivity index (χ0) is 22.3. The number of aromatic nitrogens is 2. The number of aryl methyl sites for hydroxylation is 2. The van der Waals surface area contributed by atoms with Crippen LogP contribution >= 0.6 is 0 Å². The predicted molar refractivity (Wildman–Crippen MR) is 131 cm³/mol. The second-order valence-electron chi connectivity index (χ2n) is 8.72. The summed E-state index contributed by atoms with van der Waals surface area (Å²) < 4.78 is 0. The number of piperidine rings is 1. The molecule has 1 atom stereocenters. The Labute approximate surface area is 190 Å². The van der Waals surface area contributed by atoms with Crippen LogP contribution in [0.1, 0.15) is 43.7 Å². The summed E-state index contributed by atoms with van der Waals surface area (Å²) in [5.41, 5.74) is 5.34. The fourth-order valence-corrected chi connectivity index (χ4v) is 4.15. The third-order valence-corrected chi connectivity index (χ3v) is 6.15. The van der Waals surface area contributed by atoms with Gasteiger partial charge in [0.2, 0.25) is 5.91 Å². The monoisotopic (exact) mass is 428 g/mol. The van der Waals surface area contributed by atoms with Crippen LogP contribution in [0.4, 0.5) is 11.5 Å². The first-order valence-electron chi connectivity index (χ1n) is 11.7. The molecule has 0 bridgehead atoms. The number of nitrogens with zero attached hydrogens (tertiary/aromatic N) is 3. The summed E-state index contributed by atoms with van der Waals surface area (Å²) in [4.78, 5) is 15.1. The number of unbranched alkanes of at least 4 members (excludes halogenated alkanes) is 1. The third kappa shape index (κ3) is 5.52. The second-order valence-corrected chi connectivity index (χ2v) is 8.72. The molecule has 5 heteroatoms. The summed E-state index contributed by atoms with van der Waals surface area (Å²) >= 11 is 0. The lowest BCUT2D eigenvalue weighted by atomic mass is 9.97. The first kappa shape index (κ1) is 22.0. The lowest BCUT2D eigenvalue weighted by molar-refractivity contribution is -0.120. The molecular formula is C27H32N4O. The van der Waals surface area contributed by atoms with Crippen molar-refractivity contribution < 1.29 is 4.79 Å². The molecule has 0 saturated carbocycles. The van der Waals surface area contributed by atoms with Crippen LogP contribution in [-0.2, 0) is 11.2 Å². The largest absolute Gasteiger partial charge is 0.354 e. The van der Waals surface area contributed by atoms with Gasteiger partial charge in [0.15, 0.2) is 5.82 Å². The van der Waals surface area contributed by atoms with Gasteiger partial charge in [0.05, 0.1) is 11.6 Å². The smallest absolute Gasteiger partial charge is 0.229 e. The lowest BCUT2D eigenvalue weighted by Crippen LogP contribution is -2.41. The Balaban J connectivity index is 1.36. The zero-order valence-corrected chi connectivity index (χ0v) is 19.1. The molecule has 1 aliphatic rings. The molecule has 1 unspecified atom stereocenters. The average Bonchev–Trinajstić information content (AvgIpc) is 2.84. The molecule has 1 fully saturated rings. The average molecular weight is 429 g/mol. The summed E-state index contributed by atoms with van der Waals surface area (Å²) in [6.07, 6.45) is 5.33. The fraction of sp³-hybridized carbons (Fsp3) is 0.370. The van der Waals surface area contributed by atoms with Gasteiger partial charge >= 0.3 is 0 Å². The minimum atomic E-state index is -0.0536. The Hall–Kier alpha value is -3.21. The van der Waals surface area contributed by atoms with E-state index >= 15 is 0 Å². The van der Waals surface area contributed by atoms with E-state index in [2.05, 4.69) is 70.7 Å². The van der Waals surface area contributed by atoms with E-state index < -0.39 is 0 Å². The van der Waals surface area contributed by atoms with Crippen molar-refractivity contribution in [3.05, 3.63) is 71.8 Å². The SMILES string of the molecule is CCCCc1ccc(NC(=O)C2CCCN(c3ccc(-c4ccc(C)cc4)nn3)C2)cc1. The number of hydrogen-bond donors (Lipinski definition) is 1. The molecule has 0 radical (unpaired) electrons. The highest BCUT2D eigenvalue weighted by Gasteiger charge is 2.27. The Bertz CT molecular complexity index is 1010. The van der Waals surface area contributed by atoms with E-state index in [4.69, 9.17) is 0 Å². The molecule has 1 amide bonds. The van der Waals surface area contributed by atoms with Crippen molar-refractivity contribution >= 4 is 17.4 Å². The van der Waals surface area contributed by atoms with Crippen LogP contribution in [-0.4, -0.2) is 29.2 Å². The summed E-state index contributed by atoms with van der Waals surface area (Å²) in [6, 6.07) is 20.6. The van der Waals surface area contributed by atoms with Crippen molar-refractivity contribution in [3.8, 4) is 11.3 Å². The third-order valence-electron chi connectivity index (χ3n) is 6.15. The van der Waals surface area contributed by atoms with Crippen molar-refractivity contribution in [2.45, 2.75) is 46.0 Å². The zero-order valence-electron chi connectivity index (χ0n) is 19.1. The second kappa shape index (κ2) is 10.4. The summed E-state index contributed by atoms with van der Waals surface area (Å²) in [5.74, 6) is 0.862. The number of carbonyl (C=O) groups excluding carboxylic acids is 1. The first-order valence-corrected chi connectivity index (χ1v) is 11.7. The molecule has 2 aromatic carbocycles. The molecule has 32 heavy (non-hydrogen) atoms. The van der Waals surface area contributed by atoms with Gasteiger partial charge in [-0.2, -0.15) is 0 Å². The van der Waals surface area contributed by atoms with Crippen molar-refractivity contribution in [3.63, 3.8) is 0 Å². The van der Waals surface area contributed by atoms with Crippen molar-refractivity contribution in [2.75, 3.05) is 23.3 Å². The molecule has 4 rings (SSSR count). The molecule has 1 saturated heterocycles. The van der Waals surface area contributed by atoms with E-state index in [9.17, 15) is 4.79 Å². The van der Waals surface area contributed by atoms with Crippen LogP contribution in [0.3, 0.4) is 0 Å². The van der Waals surface area contributed by atoms with Crippen molar-refractivity contribution in [2.24, 2.45) is 5.92 Å². The van der Waals surface area contributed by atoms with Gasteiger partial charge in [-0.15, -0.1) is 10.2 Å². The van der Waals surface area contributed by atoms with E-state index in [1.54, 1.807) is 0 Å². The van der Waals surface area contributed by atoms with Crippen LogP contribution in [0.5, 0.6) is 0 Å². The maximum Gasteiger partial charge on any atom is 0.229 e. The van der Waals surface area contributed by atoms with E-state index in [-0.39, 0.29) is 11.8 Å². The van der Waals surface area contributed by atoms with Crippen molar-refractivity contribution in [1.82, 2.24) is 10.2 Å². The standard InChI is InChI=1S/C27H32N4O/c1-3-4-6-21-10-14-24(15-11-21)28-27(32)23-7-5-18-31(19-23)26-17-16-25(29-30-26)22-12-8-20(2)9-13-22/h8-17,23H,3-7,18-19H2,1-2H3,(H,28,32). The van der Waals surface area contributed by atoms with Gasteiger partial charge in [0, 0.05) is 24.3 Å². The number of anilines is 2. The summed E-state index contributed by atoms with van der Waals surface area (Å²) in [7, 11) is 0. The van der Waals surface area contributed by atoms with Gasteiger partial charge in [-0.25, -0.2) is 0 Å². The van der Waals surface area contributed by atoms with Gasteiger partial charge in [0.25, 0.3) is 0 Å². The maximum atomic E-state index is 12.9. The lowest BCUT2D eigenvalue weighted by Gasteiger charge is -2.32. The Kier molecular flexibility index (Phi) is 7.15. The van der Waals surface area contributed by atoms with Crippen LogP contribution in [0.15, 0.2) is 60.7 Å². The Morgan fingerprint density at radius 2 is 1.81 bits per heavy atom. The molecule has 3 aromatic rings. The minimum absolute atomic E-state index is 0.0536. The molecule has 5 nitrogen and oxygen atoms in total. The highest BCUT2D eigenvalue weighted by atomic mass is 16.1. The predicted octanol–water partition coefficient (Wildman–Crippen LogP) is 5.65. The molecule has 1 aliphatic heterocycles. The number of hydrogen-bond acceptors (Lipinski definition) is 4. The molecular weight excluding hydrogens is 396 g/mol. The highest BCUT2D eigenvalue weighted by Crippen LogP contribution is 2.24. The molecule has 0 spiro atoms. The Morgan fingerprint density at radius 1 is 1.03 bits per heavy atom. The molecule has 1 aromatic heterocycles. The number of nitrogens with one attached hydrogen (secondary N) is 1. The van der Waals surface area contributed by atoms with Gasteiger partial charge in [-0.3, -0.25) is 4.79 Å². The van der Waals surface area contributed by atoms with Crippen LogP contribution in [0, 0.1) is 12.8 Å². The molecule has 2 heterocycles. The van der Waals surface area contributed by atoms with E-state index in [1.165, 1.54) is 24.0 Å². The fourth-order valence-electron chi connectivity index (χ4n) is 4.15. The number of rotatable bonds is 7. The van der Waals surface area contributed by atoms with E-state index in [0.717, 1.165) is 48.6 Å². The molecule has 1 N–H and O–H groups in total. The number of benzene rings is 2. The van der Waals surface area contributed by atoms with Gasteiger partial charge in [-0.1, -0.05) is 55.3 Å². The number of carbonyl (C=O) groups is 1. The quantitative estimate of drug-likeness (QED) is 0.528. The van der Waals surface area contributed by atoms with Crippen molar-refractivity contribution in [1.29, 1.82) is 0 Å². The Morgan fingerprint density at radius 3 is 2.50 bits per heavy atom. The number of amides is 1. The minimum Gasteiger partial charge on any atom is -0.354 e. The normalized spacial score (nSPS) is 16.1. The van der Waals surface area contributed by atoms with E-state index in [0.29, 0.717) is 6.54 Å². The van der Waals surface area contributed by atoms with E-state index in [1.807, 2.05) is 24.3 Å². The first-order chi connectivity index (χ1) is 15.6. The van der Waals surface area contributed by atoms with Gasteiger partial charge in [0.1, 0.15) is 0 Å². The van der Waals surface area contributed by atoms with Crippen LogP contribution in [0.25, 0.3) is 11.3 Å². The van der Waals surface area contributed by atoms with Gasteiger partial charge < -0.3 is 10.2 Å². The highest BCUT2D eigenvalue weighted by molar-refractivity contribution is 5.93.